The van der Waals surface area contributed by atoms with Crippen LogP contribution in [0, 0.1) is 34.5 Å². The lowest BCUT2D eigenvalue weighted by Gasteiger charge is -2.63. The second-order valence-corrected chi connectivity index (χ2v) is 13.2. The molecule has 1 saturated heterocycles. The zero-order valence-corrected chi connectivity index (χ0v) is 22.8. The molecule has 0 aromatic rings. The quantitative estimate of drug-likeness (QED) is 0.553. The molecule has 1 heterocycles. The maximum Gasteiger partial charge on any atom is 0.160 e. The van der Waals surface area contributed by atoms with E-state index >= 15 is 0 Å². The van der Waals surface area contributed by atoms with Crippen molar-refractivity contribution in [2.75, 3.05) is 14.2 Å². The van der Waals surface area contributed by atoms with E-state index in [1.165, 1.54) is 0 Å². The minimum atomic E-state index is -0.682. The summed E-state index contributed by atoms with van der Waals surface area (Å²) in [6.07, 6.45) is 10.3. The number of ether oxygens (including phenoxy) is 3. The Morgan fingerprint density at radius 3 is 2.49 bits per heavy atom. The molecule has 0 radical (unpaired) electrons. The molecule has 35 heavy (non-hydrogen) atoms. The summed E-state index contributed by atoms with van der Waals surface area (Å²) in [4.78, 5) is 12.4. The van der Waals surface area contributed by atoms with Crippen molar-refractivity contribution in [3.05, 3.63) is 0 Å². The van der Waals surface area contributed by atoms with Gasteiger partial charge in [-0.2, -0.15) is 0 Å². The second kappa shape index (κ2) is 9.34. The first kappa shape index (κ1) is 26.1. The van der Waals surface area contributed by atoms with Gasteiger partial charge >= 0.3 is 0 Å². The fraction of sp³-hybridized carbons (Fsp3) is 0.966. The van der Waals surface area contributed by atoms with Crippen LogP contribution < -0.4 is 5.32 Å². The molecule has 0 aromatic carbocycles. The van der Waals surface area contributed by atoms with E-state index < -0.39 is 5.60 Å². The molecule has 200 valence electrons. The highest BCUT2D eigenvalue weighted by atomic mass is 16.7. The number of aliphatic hydroxyl groups is 1. The van der Waals surface area contributed by atoms with Gasteiger partial charge < -0.3 is 24.6 Å². The summed E-state index contributed by atoms with van der Waals surface area (Å²) in [5.74, 6) is 1.80. The highest BCUT2D eigenvalue weighted by Crippen LogP contribution is 2.69. The minimum Gasteiger partial charge on any atom is -0.389 e. The predicted molar refractivity (Wildman–Crippen MR) is 135 cm³/mol. The van der Waals surface area contributed by atoms with Crippen LogP contribution in [-0.4, -0.2) is 61.3 Å². The number of carbonyl (C=O) groups excluding carboxylic acids is 1. The van der Waals surface area contributed by atoms with Crippen molar-refractivity contribution in [1.29, 1.82) is 0 Å². The molecule has 4 aliphatic carbocycles. The molecule has 5 fully saturated rings. The average Bonchev–Trinajstić information content (AvgIpc) is 3.10. The highest BCUT2D eigenvalue weighted by Gasteiger charge is 2.67. The molecule has 5 rings (SSSR count). The zero-order chi connectivity index (χ0) is 25.2. The van der Waals surface area contributed by atoms with Gasteiger partial charge in [-0.1, -0.05) is 13.8 Å². The maximum atomic E-state index is 12.4. The zero-order valence-electron chi connectivity index (χ0n) is 22.8. The van der Waals surface area contributed by atoms with Gasteiger partial charge in [0.2, 0.25) is 0 Å². The minimum absolute atomic E-state index is 0.0273. The number of rotatable bonds is 5. The van der Waals surface area contributed by atoms with Crippen LogP contribution in [-0.2, 0) is 19.0 Å². The Bertz CT molecular complexity index is 806. The number of hydrogen-bond acceptors (Lipinski definition) is 6. The lowest BCUT2D eigenvalue weighted by Crippen LogP contribution is -2.62. The van der Waals surface area contributed by atoms with Crippen molar-refractivity contribution in [2.24, 2.45) is 34.5 Å². The molecule has 0 bridgehead atoms. The number of nitrogens with one attached hydrogen (secondary N) is 1. The third-order valence-corrected chi connectivity index (χ3v) is 12.0. The molecule has 4 saturated carbocycles. The Balaban J connectivity index is 1.26. The van der Waals surface area contributed by atoms with Crippen LogP contribution in [0.25, 0.3) is 0 Å². The first-order valence-corrected chi connectivity index (χ1v) is 14.3. The monoisotopic (exact) mass is 491 g/mol. The number of methoxy groups -OCH3 is 1. The Hall–Kier alpha value is -0.530. The summed E-state index contributed by atoms with van der Waals surface area (Å²) in [6, 6.07) is 0.186. The summed E-state index contributed by atoms with van der Waals surface area (Å²) in [5.41, 5.74) is -0.679. The Labute approximate surface area is 212 Å². The van der Waals surface area contributed by atoms with Crippen molar-refractivity contribution in [3.63, 3.8) is 0 Å². The number of fused-ring (bicyclic) bond motifs is 5. The number of ketones is 1. The van der Waals surface area contributed by atoms with Crippen molar-refractivity contribution >= 4 is 5.78 Å². The van der Waals surface area contributed by atoms with Gasteiger partial charge in [0.1, 0.15) is 5.78 Å². The first-order valence-electron chi connectivity index (χ1n) is 14.3. The van der Waals surface area contributed by atoms with Gasteiger partial charge in [0.05, 0.1) is 30.0 Å². The first-order chi connectivity index (χ1) is 16.6. The van der Waals surface area contributed by atoms with E-state index in [4.69, 9.17) is 14.2 Å². The van der Waals surface area contributed by atoms with Crippen molar-refractivity contribution < 1.29 is 24.1 Å². The molecule has 1 aliphatic heterocycles. The van der Waals surface area contributed by atoms with Gasteiger partial charge in [-0.25, -0.2) is 0 Å². The molecular formula is C29H49NO5. The number of likely N-dealkylation sites (N-methyl/N-ethyl adjacent to an activating group) is 1. The Kier molecular flexibility index (Phi) is 6.96. The SMILES string of the molecule is CN[C@@H]1[C@@H](C)O[C@@H](O[C@H]2CC[C@@]3(C)[C@@H](CC[C@H]4[C@@H]3CC[C@]3(C)[C@@H](C(C)=O)CC[C@]43O)C2)C[C@H]1OC. The van der Waals surface area contributed by atoms with Crippen LogP contribution in [0.15, 0.2) is 0 Å². The van der Waals surface area contributed by atoms with Gasteiger partial charge in [-0.05, 0) is 102 Å². The van der Waals surface area contributed by atoms with Crippen LogP contribution in [0.3, 0.4) is 0 Å². The van der Waals surface area contributed by atoms with E-state index in [2.05, 4.69) is 26.1 Å². The molecule has 0 spiro atoms. The summed E-state index contributed by atoms with van der Waals surface area (Å²) in [5, 5.41) is 15.5. The van der Waals surface area contributed by atoms with Crippen LogP contribution >= 0.6 is 0 Å². The van der Waals surface area contributed by atoms with Gasteiger partial charge in [-0.3, -0.25) is 4.79 Å². The van der Waals surface area contributed by atoms with Crippen molar-refractivity contribution in [1.82, 2.24) is 5.32 Å². The van der Waals surface area contributed by atoms with Crippen LogP contribution in [0.4, 0.5) is 0 Å². The summed E-state index contributed by atoms with van der Waals surface area (Å²) in [7, 11) is 3.74. The largest absolute Gasteiger partial charge is 0.389 e. The molecule has 0 aromatic heterocycles. The smallest absolute Gasteiger partial charge is 0.160 e. The van der Waals surface area contributed by atoms with Crippen LogP contribution in [0.2, 0.25) is 0 Å². The predicted octanol–water partition coefficient (Wildman–Crippen LogP) is 4.47. The third-order valence-electron chi connectivity index (χ3n) is 12.0. The number of Topliss-reactive ketones (excluding diaryl/α,β-unsaturated/α-hetero) is 1. The normalized spacial score (nSPS) is 54.0. The molecule has 0 unspecified atom stereocenters. The van der Waals surface area contributed by atoms with Crippen LogP contribution in [0.5, 0.6) is 0 Å². The van der Waals surface area contributed by atoms with E-state index in [1.54, 1.807) is 14.0 Å². The Morgan fingerprint density at radius 1 is 1.03 bits per heavy atom. The summed E-state index contributed by atoms with van der Waals surface area (Å²) in [6.45, 7) is 8.56. The fourth-order valence-corrected chi connectivity index (χ4v) is 9.94. The summed E-state index contributed by atoms with van der Waals surface area (Å²) < 4.78 is 18.6. The topological polar surface area (TPSA) is 77.0 Å². The highest BCUT2D eigenvalue weighted by molar-refractivity contribution is 5.80. The molecule has 6 nitrogen and oxygen atoms in total. The summed E-state index contributed by atoms with van der Waals surface area (Å²) >= 11 is 0. The molecule has 5 aliphatic rings. The number of carbonyl (C=O) groups is 1. The fourth-order valence-electron chi connectivity index (χ4n) is 9.94. The number of hydrogen-bond donors (Lipinski definition) is 2. The second-order valence-electron chi connectivity index (χ2n) is 13.2. The van der Waals surface area contributed by atoms with E-state index in [1.807, 2.05) is 7.05 Å². The lowest BCUT2D eigenvalue weighted by atomic mass is 9.43. The van der Waals surface area contributed by atoms with E-state index in [0.29, 0.717) is 17.8 Å². The molecular weight excluding hydrogens is 442 g/mol. The molecule has 12 atom stereocenters. The van der Waals surface area contributed by atoms with E-state index in [0.717, 1.165) is 64.2 Å². The van der Waals surface area contributed by atoms with Crippen molar-refractivity contribution in [2.45, 2.75) is 128 Å². The van der Waals surface area contributed by atoms with Gasteiger partial charge in [-0.15, -0.1) is 0 Å². The standard InChI is InChI=1S/C29H49NO5/c1-17(31)21-11-14-29(32)23-8-7-19-15-20(9-12-27(19,3)22(23)10-13-28(21,29)4)35-25-16-24(33-6)26(30-5)18(2)34-25/h18-26,30,32H,7-16H2,1-6H3/t18-,19+,20+,21-,22+,23+,24-,25+,26-,27+,28-,29+/m1/s1. The van der Waals surface area contributed by atoms with E-state index in [-0.39, 0.29) is 53.2 Å². The van der Waals surface area contributed by atoms with Gasteiger partial charge in [0, 0.05) is 24.9 Å². The average molecular weight is 492 g/mol. The lowest BCUT2D eigenvalue weighted by molar-refractivity contribution is -0.257. The Morgan fingerprint density at radius 2 is 1.80 bits per heavy atom. The van der Waals surface area contributed by atoms with Gasteiger partial charge in [0.15, 0.2) is 6.29 Å². The van der Waals surface area contributed by atoms with E-state index in [9.17, 15) is 9.90 Å². The van der Waals surface area contributed by atoms with Crippen LogP contribution in [0.1, 0.15) is 91.9 Å². The van der Waals surface area contributed by atoms with Crippen molar-refractivity contribution in [3.8, 4) is 0 Å². The third kappa shape index (κ3) is 3.96. The van der Waals surface area contributed by atoms with Gasteiger partial charge in [0.25, 0.3) is 0 Å². The maximum absolute atomic E-state index is 12.4. The molecule has 2 N–H and O–H groups in total. The molecule has 0 amide bonds. The molecule has 6 heteroatoms.